The summed E-state index contributed by atoms with van der Waals surface area (Å²) in [6.45, 7) is 4.74. The Morgan fingerprint density at radius 2 is 1.90 bits per heavy atom. The predicted molar refractivity (Wildman–Crippen MR) is 68.7 cm³/mol. The van der Waals surface area contributed by atoms with Crippen LogP contribution in [0.4, 0.5) is 4.79 Å². The third kappa shape index (κ3) is 3.34. The van der Waals surface area contributed by atoms with Crippen molar-refractivity contribution in [2.45, 2.75) is 26.8 Å². The SMILES string of the molecule is CC(C(=O)O)=C(C)C(=O)NC(=O)N1CCNC(=O)C1C. The second-order valence-corrected chi connectivity index (χ2v) is 4.47. The molecule has 1 unspecified atom stereocenters. The molecule has 1 fully saturated rings. The van der Waals surface area contributed by atoms with Crippen LogP contribution >= 0.6 is 0 Å². The van der Waals surface area contributed by atoms with Gasteiger partial charge in [-0.15, -0.1) is 0 Å². The summed E-state index contributed by atoms with van der Waals surface area (Å²) < 4.78 is 0. The minimum absolute atomic E-state index is 0.0556. The Balaban J connectivity index is 2.76. The molecule has 1 rings (SSSR count). The van der Waals surface area contributed by atoms with Crippen LogP contribution in [0.5, 0.6) is 0 Å². The Hall–Kier alpha value is -2.38. The number of carbonyl (C=O) groups excluding carboxylic acids is 3. The molecule has 4 amide bonds. The van der Waals surface area contributed by atoms with Gasteiger partial charge >= 0.3 is 12.0 Å². The van der Waals surface area contributed by atoms with Gasteiger partial charge in [0.1, 0.15) is 6.04 Å². The molecule has 0 saturated carbocycles. The predicted octanol–water partition coefficient (Wildman–Crippen LogP) is -0.536. The number of piperazine rings is 1. The van der Waals surface area contributed by atoms with Crippen molar-refractivity contribution in [1.82, 2.24) is 15.5 Å². The lowest BCUT2D eigenvalue weighted by molar-refractivity contribution is -0.133. The van der Waals surface area contributed by atoms with Crippen molar-refractivity contribution < 1.29 is 24.3 Å². The van der Waals surface area contributed by atoms with Crippen LogP contribution in [-0.2, 0) is 14.4 Å². The third-order valence-corrected chi connectivity index (χ3v) is 3.20. The van der Waals surface area contributed by atoms with Crippen molar-refractivity contribution in [2.24, 2.45) is 0 Å². The largest absolute Gasteiger partial charge is 0.478 e. The standard InChI is InChI=1S/C12H17N3O5/c1-6(7(2)11(18)19)9(16)14-12(20)15-5-4-13-10(17)8(15)3/h8H,4-5H2,1-3H3,(H,13,17)(H,18,19)(H,14,16,20). The van der Waals surface area contributed by atoms with Gasteiger partial charge in [-0.05, 0) is 20.8 Å². The summed E-state index contributed by atoms with van der Waals surface area (Å²) in [6, 6.07) is -1.39. The normalized spacial score (nSPS) is 19.9. The lowest BCUT2D eigenvalue weighted by Crippen LogP contribution is -2.58. The van der Waals surface area contributed by atoms with Crippen LogP contribution in [0.2, 0.25) is 0 Å². The van der Waals surface area contributed by atoms with Crippen LogP contribution in [0.3, 0.4) is 0 Å². The first kappa shape index (κ1) is 15.7. The maximum Gasteiger partial charge on any atom is 0.331 e. The molecule has 8 nitrogen and oxygen atoms in total. The van der Waals surface area contributed by atoms with Gasteiger partial charge in [0.05, 0.1) is 0 Å². The molecule has 0 aromatic rings. The van der Waals surface area contributed by atoms with E-state index in [1.807, 2.05) is 0 Å². The van der Waals surface area contributed by atoms with Gasteiger partial charge in [-0.3, -0.25) is 14.9 Å². The molecule has 1 heterocycles. The Labute approximate surface area is 115 Å². The Bertz CT molecular complexity index is 497. The number of carboxylic acids is 1. The van der Waals surface area contributed by atoms with Crippen LogP contribution in [-0.4, -0.2) is 53.0 Å². The van der Waals surface area contributed by atoms with E-state index in [4.69, 9.17) is 5.11 Å². The van der Waals surface area contributed by atoms with E-state index in [2.05, 4.69) is 10.6 Å². The van der Waals surface area contributed by atoms with E-state index in [-0.39, 0.29) is 23.6 Å². The molecule has 0 bridgehead atoms. The second kappa shape index (κ2) is 6.18. The fourth-order valence-electron chi connectivity index (χ4n) is 1.65. The molecule has 1 atom stereocenters. The molecule has 20 heavy (non-hydrogen) atoms. The molecule has 0 aromatic heterocycles. The molecule has 3 N–H and O–H groups in total. The Morgan fingerprint density at radius 3 is 2.45 bits per heavy atom. The zero-order valence-electron chi connectivity index (χ0n) is 11.5. The maximum absolute atomic E-state index is 11.9. The minimum atomic E-state index is -1.23. The number of imide groups is 1. The van der Waals surface area contributed by atoms with Crippen molar-refractivity contribution in [1.29, 1.82) is 0 Å². The fourth-order valence-corrected chi connectivity index (χ4v) is 1.65. The van der Waals surface area contributed by atoms with E-state index in [1.165, 1.54) is 18.7 Å². The Kier molecular flexibility index (Phi) is 4.84. The molecule has 1 saturated heterocycles. The highest BCUT2D eigenvalue weighted by Gasteiger charge is 2.30. The smallest absolute Gasteiger partial charge is 0.331 e. The number of aliphatic carboxylic acids is 1. The molecular formula is C12H17N3O5. The number of nitrogens with one attached hydrogen (secondary N) is 2. The van der Waals surface area contributed by atoms with Crippen molar-refractivity contribution >= 4 is 23.8 Å². The zero-order valence-corrected chi connectivity index (χ0v) is 11.5. The third-order valence-electron chi connectivity index (χ3n) is 3.20. The van der Waals surface area contributed by atoms with E-state index in [0.717, 1.165) is 0 Å². The number of nitrogens with zero attached hydrogens (tertiary/aromatic N) is 1. The number of carbonyl (C=O) groups is 4. The molecule has 0 aliphatic carbocycles. The van der Waals surface area contributed by atoms with Gasteiger partial charge in [-0.25, -0.2) is 9.59 Å². The van der Waals surface area contributed by atoms with Gasteiger partial charge in [0.2, 0.25) is 5.91 Å². The lowest BCUT2D eigenvalue weighted by Gasteiger charge is -2.32. The minimum Gasteiger partial charge on any atom is -0.478 e. The summed E-state index contributed by atoms with van der Waals surface area (Å²) in [4.78, 5) is 47.0. The summed E-state index contributed by atoms with van der Waals surface area (Å²) in [7, 11) is 0. The number of urea groups is 1. The number of carboxylic acid groups (broad SMARTS) is 1. The van der Waals surface area contributed by atoms with E-state index in [9.17, 15) is 19.2 Å². The topological polar surface area (TPSA) is 116 Å². The second-order valence-electron chi connectivity index (χ2n) is 4.47. The van der Waals surface area contributed by atoms with Crippen LogP contribution in [0.15, 0.2) is 11.1 Å². The molecule has 8 heteroatoms. The number of hydrogen-bond donors (Lipinski definition) is 3. The number of amides is 4. The molecule has 110 valence electrons. The van der Waals surface area contributed by atoms with Crippen LogP contribution in [0.1, 0.15) is 20.8 Å². The monoisotopic (exact) mass is 283 g/mol. The zero-order chi connectivity index (χ0) is 15.4. The highest BCUT2D eigenvalue weighted by atomic mass is 16.4. The summed E-state index contributed by atoms with van der Waals surface area (Å²) in [5.41, 5.74) is -0.195. The van der Waals surface area contributed by atoms with Gasteiger partial charge in [0, 0.05) is 24.2 Å². The molecule has 0 radical (unpaired) electrons. The number of rotatable bonds is 2. The molecule has 0 aromatic carbocycles. The van der Waals surface area contributed by atoms with E-state index < -0.39 is 23.9 Å². The number of hydrogen-bond acceptors (Lipinski definition) is 4. The highest BCUT2D eigenvalue weighted by molar-refractivity contribution is 6.08. The summed E-state index contributed by atoms with van der Waals surface area (Å²) in [6.07, 6.45) is 0. The fraction of sp³-hybridized carbons (Fsp3) is 0.500. The van der Waals surface area contributed by atoms with Gasteiger partial charge < -0.3 is 15.3 Å². The first-order valence-electron chi connectivity index (χ1n) is 6.06. The van der Waals surface area contributed by atoms with Crippen LogP contribution in [0.25, 0.3) is 0 Å². The summed E-state index contributed by atoms with van der Waals surface area (Å²) >= 11 is 0. The van der Waals surface area contributed by atoms with Crippen molar-refractivity contribution in [2.75, 3.05) is 13.1 Å². The summed E-state index contributed by atoms with van der Waals surface area (Å²) in [5, 5.41) is 13.5. The average molecular weight is 283 g/mol. The first-order chi connectivity index (χ1) is 9.25. The highest BCUT2D eigenvalue weighted by Crippen LogP contribution is 2.07. The Morgan fingerprint density at radius 1 is 1.30 bits per heavy atom. The van der Waals surface area contributed by atoms with Gasteiger partial charge in [0.15, 0.2) is 0 Å². The van der Waals surface area contributed by atoms with Crippen molar-refractivity contribution in [3.8, 4) is 0 Å². The molecule has 1 aliphatic rings. The van der Waals surface area contributed by atoms with Gasteiger partial charge in [0.25, 0.3) is 5.91 Å². The lowest BCUT2D eigenvalue weighted by atomic mass is 10.1. The van der Waals surface area contributed by atoms with Gasteiger partial charge in [-0.2, -0.15) is 0 Å². The van der Waals surface area contributed by atoms with Crippen LogP contribution in [0, 0.1) is 0 Å². The summed E-state index contributed by atoms with van der Waals surface area (Å²) in [5.74, 6) is -2.31. The van der Waals surface area contributed by atoms with E-state index >= 15 is 0 Å². The van der Waals surface area contributed by atoms with E-state index in [1.54, 1.807) is 6.92 Å². The van der Waals surface area contributed by atoms with Crippen molar-refractivity contribution in [3.05, 3.63) is 11.1 Å². The van der Waals surface area contributed by atoms with E-state index in [0.29, 0.717) is 6.54 Å². The van der Waals surface area contributed by atoms with Crippen molar-refractivity contribution in [3.63, 3.8) is 0 Å². The van der Waals surface area contributed by atoms with Gasteiger partial charge in [-0.1, -0.05) is 0 Å². The molecule has 1 aliphatic heterocycles. The van der Waals surface area contributed by atoms with Crippen LogP contribution < -0.4 is 10.6 Å². The molecule has 0 spiro atoms. The quantitative estimate of drug-likeness (QED) is 0.589. The maximum atomic E-state index is 11.9. The molecular weight excluding hydrogens is 266 g/mol. The first-order valence-corrected chi connectivity index (χ1v) is 6.06. The average Bonchev–Trinajstić information content (AvgIpc) is 2.39.